The van der Waals surface area contributed by atoms with Crippen LogP contribution in [0.25, 0.3) is 0 Å². The Morgan fingerprint density at radius 3 is 2.69 bits per heavy atom. The Morgan fingerprint density at radius 1 is 1.69 bits per heavy atom. The first-order chi connectivity index (χ1) is 7.52. The van der Waals surface area contributed by atoms with Gasteiger partial charge in [-0.25, -0.2) is 8.78 Å². The highest BCUT2D eigenvalue weighted by Crippen LogP contribution is 2.33. The predicted octanol–water partition coefficient (Wildman–Crippen LogP) is 1.26. The number of hydrogen-bond acceptors (Lipinski definition) is 5. The second-order valence-electron chi connectivity index (χ2n) is 2.75. The average molecular weight is 228 g/mol. The number of nitrogens with two attached hydrogens (primary N) is 1. The smallest absolute Gasteiger partial charge is 0.299 e. The number of aromatic nitrogens is 1. The fourth-order valence-electron chi connectivity index (χ4n) is 1.23. The van der Waals surface area contributed by atoms with E-state index in [0.717, 1.165) is 6.20 Å². The third-order valence-electron chi connectivity index (χ3n) is 1.89. The molecular formula is C8H6F2N4O2. The van der Waals surface area contributed by atoms with E-state index < -0.39 is 28.2 Å². The standard InChI is InChI=1S/C8H6F2N4O2/c9-8(10)6-5(2-12)13-3-4(1-11)7(6)14(15)16/h3,8H,2,12H2. The molecule has 1 aromatic rings. The summed E-state index contributed by atoms with van der Waals surface area (Å²) in [7, 11) is 0. The molecule has 8 heteroatoms. The normalized spacial score (nSPS) is 10.2. The number of halogens is 2. The summed E-state index contributed by atoms with van der Waals surface area (Å²) in [5.41, 5.74) is 2.56. The molecule has 1 rings (SSSR count). The van der Waals surface area contributed by atoms with Gasteiger partial charge in [-0.15, -0.1) is 0 Å². The molecule has 0 fully saturated rings. The molecule has 0 aromatic carbocycles. The van der Waals surface area contributed by atoms with Gasteiger partial charge in [0.1, 0.15) is 17.2 Å². The first kappa shape index (κ1) is 11.9. The van der Waals surface area contributed by atoms with Crippen LogP contribution in [0.15, 0.2) is 6.20 Å². The highest BCUT2D eigenvalue weighted by molar-refractivity contribution is 5.55. The Hall–Kier alpha value is -2.14. The zero-order valence-electron chi connectivity index (χ0n) is 7.85. The molecule has 6 nitrogen and oxygen atoms in total. The fourth-order valence-corrected chi connectivity index (χ4v) is 1.23. The maximum absolute atomic E-state index is 12.6. The predicted molar refractivity (Wildman–Crippen MR) is 48.5 cm³/mol. The van der Waals surface area contributed by atoms with Gasteiger partial charge in [-0.1, -0.05) is 0 Å². The van der Waals surface area contributed by atoms with Crippen molar-refractivity contribution < 1.29 is 13.7 Å². The summed E-state index contributed by atoms with van der Waals surface area (Å²) >= 11 is 0. The van der Waals surface area contributed by atoms with Gasteiger partial charge in [0.05, 0.1) is 16.8 Å². The minimum atomic E-state index is -3.10. The molecule has 0 atom stereocenters. The topological polar surface area (TPSA) is 106 Å². The van der Waals surface area contributed by atoms with Crippen LogP contribution in [-0.4, -0.2) is 9.91 Å². The van der Waals surface area contributed by atoms with Gasteiger partial charge in [0.2, 0.25) is 0 Å². The van der Waals surface area contributed by atoms with Gasteiger partial charge in [-0.2, -0.15) is 5.26 Å². The van der Waals surface area contributed by atoms with Crippen molar-refractivity contribution in [3.05, 3.63) is 33.1 Å². The number of pyridine rings is 1. The van der Waals surface area contributed by atoms with Crippen molar-refractivity contribution in [1.29, 1.82) is 5.26 Å². The van der Waals surface area contributed by atoms with Crippen LogP contribution in [0.3, 0.4) is 0 Å². The van der Waals surface area contributed by atoms with E-state index in [1.807, 2.05) is 0 Å². The Labute approximate surface area is 88.5 Å². The number of nitriles is 1. The Morgan fingerprint density at radius 2 is 2.31 bits per heavy atom. The lowest BCUT2D eigenvalue weighted by Gasteiger charge is -2.07. The molecule has 1 aromatic heterocycles. The van der Waals surface area contributed by atoms with E-state index in [9.17, 15) is 18.9 Å². The van der Waals surface area contributed by atoms with Crippen molar-refractivity contribution in [2.75, 3.05) is 0 Å². The molecule has 0 aliphatic carbocycles. The Balaban J connectivity index is 3.61. The summed E-state index contributed by atoms with van der Waals surface area (Å²) in [4.78, 5) is 13.1. The quantitative estimate of drug-likeness (QED) is 0.619. The Kier molecular flexibility index (Phi) is 3.42. The van der Waals surface area contributed by atoms with Crippen LogP contribution in [0.4, 0.5) is 14.5 Å². The highest BCUT2D eigenvalue weighted by Gasteiger charge is 2.29. The Bertz CT molecular complexity index is 470. The zero-order chi connectivity index (χ0) is 12.3. The lowest BCUT2D eigenvalue weighted by atomic mass is 10.1. The molecule has 0 radical (unpaired) electrons. The molecular weight excluding hydrogens is 222 g/mol. The lowest BCUT2D eigenvalue weighted by molar-refractivity contribution is -0.386. The number of rotatable bonds is 3. The van der Waals surface area contributed by atoms with Gasteiger partial charge in [0.15, 0.2) is 0 Å². The minimum absolute atomic E-state index is 0.277. The SMILES string of the molecule is N#Cc1cnc(CN)c(C(F)F)c1[N+](=O)[O-]. The van der Waals surface area contributed by atoms with E-state index in [2.05, 4.69) is 4.98 Å². The third-order valence-corrected chi connectivity index (χ3v) is 1.89. The molecule has 0 saturated carbocycles. The maximum Gasteiger partial charge on any atom is 0.299 e. The molecule has 0 spiro atoms. The van der Waals surface area contributed by atoms with Gasteiger partial charge in [-0.3, -0.25) is 15.1 Å². The number of alkyl halides is 2. The largest absolute Gasteiger partial charge is 0.325 e. The van der Waals surface area contributed by atoms with E-state index in [-0.39, 0.29) is 12.2 Å². The van der Waals surface area contributed by atoms with E-state index in [1.165, 1.54) is 6.07 Å². The highest BCUT2D eigenvalue weighted by atomic mass is 19.3. The number of nitrogens with zero attached hydrogens (tertiary/aromatic N) is 3. The van der Waals surface area contributed by atoms with Crippen molar-refractivity contribution >= 4 is 5.69 Å². The van der Waals surface area contributed by atoms with Gasteiger partial charge in [-0.05, 0) is 0 Å². The number of hydrogen-bond donors (Lipinski definition) is 1. The van der Waals surface area contributed by atoms with Crippen molar-refractivity contribution in [2.24, 2.45) is 5.73 Å². The summed E-state index contributed by atoms with van der Waals surface area (Å²) in [5, 5.41) is 19.2. The first-order valence-electron chi connectivity index (χ1n) is 4.07. The van der Waals surface area contributed by atoms with Crippen LogP contribution >= 0.6 is 0 Å². The van der Waals surface area contributed by atoms with Crippen molar-refractivity contribution in [1.82, 2.24) is 4.98 Å². The van der Waals surface area contributed by atoms with Crippen molar-refractivity contribution in [3.63, 3.8) is 0 Å². The lowest BCUT2D eigenvalue weighted by Crippen LogP contribution is -2.09. The van der Waals surface area contributed by atoms with Crippen molar-refractivity contribution in [3.8, 4) is 6.07 Å². The molecule has 16 heavy (non-hydrogen) atoms. The van der Waals surface area contributed by atoms with E-state index in [4.69, 9.17) is 11.0 Å². The van der Waals surface area contributed by atoms with Crippen LogP contribution in [-0.2, 0) is 6.54 Å². The summed E-state index contributed by atoms with van der Waals surface area (Å²) in [6.07, 6.45) is -2.23. The van der Waals surface area contributed by atoms with E-state index in [1.54, 1.807) is 0 Å². The summed E-state index contributed by atoms with van der Waals surface area (Å²) in [5.74, 6) is 0. The van der Waals surface area contributed by atoms with Gasteiger partial charge in [0.25, 0.3) is 12.1 Å². The molecule has 2 N–H and O–H groups in total. The first-order valence-corrected chi connectivity index (χ1v) is 4.07. The van der Waals surface area contributed by atoms with E-state index in [0.29, 0.717) is 0 Å². The molecule has 0 amide bonds. The van der Waals surface area contributed by atoms with Gasteiger partial charge in [0, 0.05) is 6.54 Å². The molecule has 1 heterocycles. The molecule has 0 saturated heterocycles. The minimum Gasteiger partial charge on any atom is -0.325 e. The second-order valence-corrected chi connectivity index (χ2v) is 2.75. The summed E-state index contributed by atoms with van der Waals surface area (Å²) in [6, 6.07) is 1.45. The second kappa shape index (κ2) is 4.59. The van der Waals surface area contributed by atoms with Gasteiger partial charge < -0.3 is 5.73 Å². The zero-order valence-corrected chi connectivity index (χ0v) is 7.85. The fraction of sp³-hybridized carbons (Fsp3) is 0.250. The number of nitro groups is 1. The maximum atomic E-state index is 12.6. The van der Waals surface area contributed by atoms with Crippen LogP contribution in [0.2, 0.25) is 0 Å². The summed E-state index contributed by atoms with van der Waals surface area (Å²) < 4.78 is 25.3. The van der Waals surface area contributed by atoms with Crippen LogP contribution in [0.1, 0.15) is 23.2 Å². The van der Waals surface area contributed by atoms with Crippen LogP contribution < -0.4 is 5.73 Å². The van der Waals surface area contributed by atoms with Crippen molar-refractivity contribution in [2.45, 2.75) is 13.0 Å². The molecule has 0 aliphatic rings. The molecule has 0 unspecified atom stereocenters. The van der Waals surface area contributed by atoms with E-state index >= 15 is 0 Å². The van der Waals surface area contributed by atoms with Crippen LogP contribution in [0.5, 0.6) is 0 Å². The average Bonchev–Trinajstić information content (AvgIpc) is 2.26. The summed E-state index contributed by atoms with van der Waals surface area (Å²) in [6.45, 7) is -0.355. The monoisotopic (exact) mass is 228 g/mol. The third kappa shape index (κ3) is 1.94. The van der Waals surface area contributed by atoms with Gasteiger partial charge >= 0.3 is 0 Å². The molecule has 0 aliphatic heterocycles. The van der Waals surface area contributed by atoms with Crippen LogP contribution in [0, 0.1) is 21.4 Å². The molecule has 84 valence electrons. The molecule has 0 bridgehead atoms.